The van der Waals surface area contributed by atoms with Gasteiger partial charge in [0, 0.05) is 37.4 Å². The van der Waals surface area contributed by atoms with Crippen LogP contribution in [-0.2, 0) is 18.3 Å². The fraction of sp³-hybridized carbons (Fsp3) is 0.321. The molecule has 2 aromatic carbocycles. The number of benzene rings is 2. The summed E-state index contributed by atoms with van der Waals surface area (Å²) < 4.78 is 25.7. The van der Waals surface area contributed by atoms with Crippen LogP contribution in [0.4, 0.5) is 0 Å². The number of pyridine rings is 1. The van der Waals surface area contributed by atoms with Crippen molar-refractivity contribution < 1.29 is 12.6 Å². The Morgan fingerprint density at radius 2 is 1.91 bits per heavy atom. The van der Waals surface area contributed by atoms with Crippen molar-refractivity contribution in [3.8, 4) is 11.3 Å². The number of rotatable bonds is 5. The van der Waals surface area contributed by atoms with Crippen LogP contribution in [0, 0.1) is 12.8 Å². The lowest BCUT2D eigenvalue weighted by Gasteiger charge is -2.33. The third-order valence-corrected chi connectivity index (χ3v) is 7.17. The van der Waals surface area contributed by atoms with E-state index in [4.69, 9.17) is 12.5 Å². The lowest BCUT2D eigenvalue weighted by atomic mass is 9.86. The Labute approximate surface area is 206 Å². The van der Waals surface area contributed by atoms with Crippen molar-refractivity contribution in [1.29, 1.82) is 0 Å². The van der Waals surface area contributed by atoms with Gasteiger partial charge >= 0.3 is 0 Å². The first-order chi connectivity index (χ1) is 17.8. The number of nitrogens with zero attached hydrogens (tertiary/aromatic N) is 5. The molecular weight excluding hydrogens is 438 g/mol. The van der Waals surface area contributed by atoms with E-state index in [2.05, 4.69) is 45.2 Å². The van der Waals surface area contributed by atoms with Crippen molar-refractivity contribution in [2.45, 2.75) is 32.4 Å². The number of fused-ring (bicyclic) bond motifs is 3. The van der Waals surface area contributed by atoms with E-state index < -0.39 is 6.56 Å². The standard InChI is InChI=1S/C28H29N5O2/c1-18-27(32(2)31-30-18)22-15-25-26(29-16-22)23-9-8-19(17-34)14-24(23)33(25)28(20-6-4-3-5-7-20)21-10-12-35-13-11-21/h3-9,14-16,21,28,34H,10-13,17H2,1-2H3/t28-/m1/s1/i17D2. The number of aryl methyl sites for hydroxylation is 2. The van der Waals surface area contributed by atoms with E-state index in [1.807, 2.05) is 32.3 Å². The van der Waals surface area contributed by atoms with Crippen LogP contribution >= 0.6 is 0 Å². The molecule has 1 fully saturated rings. The van der Waals surface area contributed by atoms with Crippen LogP contribution in [0.1, 0.15) is 38.4 Å². The van der Waals surface area contributed by atoms with Crippen LogP contribution in [0.15, 0.2) is 60.8 Å². The van der Waals surface area contributed by atoms with Crippen molar-refractivity contribution in [1.82, 2.24) is 24.5 Å². The molecule has 5 aromatic rings. The van der Waals surface area contributed by atoms with Crippen molar-refractivity contribution in [2.75, 3.05) is 13.2 Å². The van der Waals surface area contributed by atoms with Crippen molar-refractivity contribution in [3.05, 3.63) is 77.6 Å². The summed E-state index contributed by atoms with van der Waals surface area (Å²) in [7, 11) is 1.87. The van der Waals surface area contributed by atoms with Crippen molar-refractivity contribution in [2.24, 2.45) is 13.0 Å². The van der Waals surface area contributed by atoms with Gasteiger partial charge in [0.25, 0.3) is 0 Å². The minimum Gasteiger partial charge on any atom is -0.392 e. The number of aromatic nitrogens is 5. The van der Waals surface area contributed by atoms with E-state index >= 15 is 0 Å². The lowest BCUT2D eigenvalue weighted by molar-refractivity contribution is 0.0553. The van der Waals surface area contributed by atoms with Crippen molar-refractivity contribution in [3.63, 3.8) is 0 Å². The van der Waals surface area contributed by atoms with Crippen LogP contribution in [-0.4, -0.2) is 42.9 Å². The van der Waals surface area contributed by atoms with Gasteiger partial charge in [-0.05, 0) is 48.9 Å². The molecule has 6 rings (SSSR count). The average Bonchev–Trinajstić information content (AvgIpc) is 3.40. The van der Waals surface area contributed by atoms with Crippen molar-refractivity contribution >= 4 is 21.9 Å². The van der Waals surface area contributed by atoms with Crippen LogP contribution in [0.25, 0.3) is 33.2 Å². The second-order valence-electron chi connectivity index (χ2n) is 9.26. The molecule has 1 saturated heterocycles. The molecule has 0 unspecified atom stereocenters. The maximum Gasteiger partial charge on any atom is 0.0960 e. The molecule has 0 aliphatic carbocycles. The highest BCUT2D eigenvalue weighted by molar-refractivity contribution is 6.07. The lowest BCUT2D eigenvalue weighted by Crippen LogP contribution is -2.26. The second-order valence-corrected chi connectivity index (χ2v) is 9.26. The van der Waals surface area contributed by atoms with Gasteiger partial charge in [-0.2, -0.15) is 0 Å². The van der Waals surface area contributed by atoms with E-state index in [9.17, 15) is 5.11 Å². The molecule has 178 valence electrons. The Morgan fingerprint density at radius 3 is 2.63 bits per heavy atom. The number of hydrogen-bond donors (Lipinski definition) is 1. The SMILES string of the molecule is [2H]C([2H])(O)c1ccc2c3ncc(-c4c(C)nnn4C)cc3n([C@H](c3ccccc3)C3CCOCC3)c2c1. The summed E-state index contributed by atoms with van der Waals surface area (Å²) in [5.41, 5.74) is 6.66. The van der Waals surface area contributed by atoms with E-state index in [0.29, 0.717) is 19.1 Å². The maximum atomic E-state index is 10.2. The van der Waals surface area contributed by atoms with Gasteiger partial charge in [-0.15, -0.1) is 5.10 Å². The summed E-state index contributed by atoms with van der Waals surface area (Å²) in [4.78, 5) is 4.91. The molecule has 0 spiro atoms. The molecule has 1 aliphatic rings. The van der Waals surface area contributed by atoms with Crippen LogP contribution in [0.2, 0.25) is 0 Å². The molecule has 4 heterocycles. The Balaban J connectivity index is 1.69. The van der Waals surface area contributed by atoms with Crippen LogP contribution < -0.4 is 0 Å². The summed E-state index contributed by atoms with van der Waals surface area (Å²) in [5.74, 6) is 0.313. The van der Waals surface area contributed by atoms with Gasteiger partial charge in [0.1, 0.15) is 0 Å². The molecule has 3 aromatic heterocycles. The largest absolute Gasteiger partial charge is 0.392 e. The Bertz CT molecular complexity index is 1560. The number of ether oxygens (including phenoxy) is 1. The van der Waals surface area contributed by atoms with Gasteiger partial charge in [0.05, 0.1) is 43.3 Å². The fourth-order valence-corrected chi connectivity index (χ4v) is 5.57. The predicted octanol–water partition coefficient (Wildman–Crippen LogP) is 4.80. The van der Waals surface area contributed by atoms with E-state index in [0.717, 1.165) is 51.7 Å². The summed E-state index contributed by atoms with van der Waals surface area (Å²) in [6.45, 7) is 0.900. The van der Waals surface area contributed by atoms with Gasteiger partial charge in [0.15, 0.2) is 0 Å². The molecule has 0 radical (unpaired) electrons. The van der Waals surface area contributed by atoms with E-state index in [1.54, 1.807) is 16.8 Å². The second kappa shape index (κ2) is 8.91. The first-order valence-corrected chi connectivity index (χ1v) is 12.0. The molecule has 35 heavy (non-hydrogen) atoms. The van der Waals surface area contributed by atoms with Gasteiger partial charge in [-0.3, -0.25) is 4.98 Å². The highest BCUT2D eigenvalue weighted by Crippen LogP contribution is 2.41. The van der Waals surface area contributed by atoms with Gasteiger partial charge in [-0.1, -0.05) is 47.7 Å². The van der Waals surface area contributed by atoms with Gasteiger partial charge < -0.3 is 14.4 Å². The first-order valence-electron chi connectivity index (χ1n) is 13.0. The zero-order chi connectivity index (χ0) is 25.7. The molecule has 1 atom stereocenters. The fourth-order valence-electron chi connectivity index (χ4n) is 5.57. The zero-order valence-corrected chi connectivity index (χ0v) is 19.8. The molecule has 0 amide bonds. The number of hydrogen-bond acceptors (Lipinski definition) is 5. The average molecular weight is 470 g/mol. The molecule has 1 N–H and O–H groups in total. The smallest absolute Gasteiger partial charge is 0.0960 e. The topological polar surface area (TPSA) is 78.0 Å². The Morgan fingerprint density at radius 1 is 1.11 bits per heavy atom. The Hall–Kier alpha value is -3.55. The summed E-state index contributed by atoms with van der Waals surface area (Å²) in [6, 6.07) is 17.8. The maximum absolute atomic E-state index is 10.2. The third kappa shape index (κ3) is 3.72. The predicted molar refractivity (Wildman–Crippen MR) is 136 cm³/mol. The molecule has 0 saturated carbocycles. The highest BCUT2D eigenvalue weighted by Gasteiger charge is 2.30. The van der Waals surface area contributed by atoms with Gasteiger partial charge in [-0.25, -0.2) is 4.68 Å². The Kier molecular flexibility index (Phi) is 5.02. The quantitative estimate of drug-likeness (QED) is 0.400. The monoisotopic (exact) mass is 469 g/mol. The summed E-state index contributed by atoms with van der Waals surface area (Å²) in [6.07, 6.45) is 3.68. The minimum atomic E-state index is -2.45. The normalized spacial score (nSPS) is 17.0. The molecule has 7 heteroatoms. The van der Waals surface area contributed by atoms with Crippen LogP contribution in [0.5, 0.6) is 0 Å². The van der Waals surface area contributed by atoms with E-state index in [1.165, 1.54) is 5.56 Å². The van der Waals surface area contributed by atoms with Crippen LogP contribution in [0.3, 0.4) is 0 Å². The molecular formula is C28H29N5O2. The molecule has 0 bridgehead atoms. The highest BCUT2D eigenvalue weighted by atomic mass is 16.5. The summed E-state index contributed by atoms with van der Waals surface area (Å²) >= 11 is 0. The van der Waals surface area contributed by atoms with E-state index in [-0.39, 0.29) is 11.6 Å². The zero-order valence-electron chi connectivity index (χ0n) is 21.8. The molecule has 7 nitrogen and oxygen atoms in total. The molecule has 1 aliphatic heterocycles. The van der Waals surface area contributed by atoms with Gasteiger partial charge in [0.2, 0.25) is 0 Å². The number of aliphatic hydroxyl groups is 1. The first kappa shape index (κ1) is 19.7. The summed E-state index contributed by atoms with van der Waals surface area (Å²) in [5, 5.41) is 19.6. The third-order valence-electron chi connectivity index (χ3n) is 7.17. The minimum absolute atomic E-state index is 0.0206.